The van der Waals surface area contributed by atoms with Gasteiger partial charge < -0.3 is 5.11 Å². The van der Waals surface area contributed by atoms with Crippen LogP contribution in [0.4, 0.5) is 0 Å². The summed E-state index contributed by atoms with van der Waals surface area (Å²) in [6.45, 7) is 1.89. The summed E-state index contributed by atoms with van der Waals surface area (Å²) in [6.07, 6.45) is 1.69. The molecule has 3 aromatic rings. The molecule has 21 heavy (non-hydrogen) atoms. The van der Waals surface area contributed by atoms with Crippen molar-refractivity contribution in [2.75, 3.05) is 0 Å². The van der Waals surface area contributed by atoms with Crippen molar-refractivity contribution in [1.29, 1.82) is 0 Å². The van der Waals surface area contributed by atoms with Crippen molar-refractivity contribution in [3.05, 3.63) is 54.0 Å². The highest BCUT2D eigenvalue weighted by Crippen LogP contribution is 2.31. The minimum atomic E-state index is -1.05. The molecule has 2 heterocycles. The van der Waals surface area contributed by atoms with E-state index in [0.29, 0.717) is 10.7 Å². The Morgan fingerprint density at radius 1 is 1.19 bits per heavy atom. The van der Waals surface area contributed by atoms with Crippen LogP contribution in [-0.2, 0) is 0 Å². The molecule has 1 aromatic carbocycles. The van der Waals surface area contributed by atoms with Crippen LogP contribution in [0.1, 0.15) is 16.2 Å². The van der Waals surface area contributed by atoms with Gasteiger partial charge >= 0.3 is 5.97 Å². The number of pyridine rings is 1. The standard InChI is InChI=1S/C15H11N3O2S/c1-9-6-7-16-15(17-9)21-13-8-12(14(19)20)18-11-5-3-2-4-10(11)13/h2-8H,1H3,(H,19,20). The van der Waals surface area contributed by atoms with E-state index in [1.807, 2.05) is 31.2 Å². The average Bonchev–Trinajstić information content (AvgIpc) is 2.47. The predicted molar refractivity (Wildman–Crippen MR) is 79.6 cm³/mol. The van der Waals surface area contributed by atoms with Gasteiger partial charge in [-0.2, -0.15) is 0 Å². The van der Waals surface area contributed by atoms with Crippen LogP contribution < -0.4 is 0 Å². The first-order valence-corrected chi connectivity index (χ1v) is 7.06. The third-order valence-electron chi connectivity index (χ3n) is 2.87. The van der Waals surface area contributed by atoms with Crippen molar-refractivity contribution in [2.45, 2.75) is 17.0 Å². The minimum absolute atomic E-state index is 0.0175. The van der Waals surface area contributed by atoms with Gasteiger partial charge in [0.1, 0.15) is 5.69 Å². The number of rotatable bonds is 3. The first-order chi connectivity index (χ1) is 10.1. The summed E-state index contributed by atoms with van der Waals surface area (Å²) < 4.78 is 0. The highest BCUT2D eigenvalue weighted by molar-refractivity contribution is 7.99. The molecule has 0 aliphatic heterocycles. The van der Waals surface area contributed by atoms with Crippen LogP contribution in [0.25, 0.3) is 10.9 Å². The van der Waals surface area contributed by atoms with Crippen molar-refractivity contribution in [3.63, 3.8) is 0 Å². The van der Waals surface area contributed by atoms with E-state index in [0.717, 1.165) is 16.0 Å². The highest BCUT2D eigenvalue weighted by atomic mass is 32.2. The molecule has 0 fully saturated rings. The normalized spacial score (nSPS) is 10.7. The van der Waals surface area contributed by atoms with Crippen molar-refractivity contribution < 1.29 is 9.90 Å². The summed E-state index contributed by atoms with van der Waals surface area (Å²) >= 11 is 1.34. The number of carboxylic acids is 1. The highest BCUT2D eigenvalue weighted by Gasteiger charge is 2.12. The summed E-state index contributed by atoms with van der Waals surface area (Å²) in [5.74, 6) is -1.05. The molecule has 2 aromatic heterocycles. The second-order valence-corrected chi connectivity index (χ2v) is 5.42. The number of benzene rings is 1. The fourth-order valence-electron chi connectivity index (χ4n) is 1.91. The number of carbonyl (C=O) groups is 1. The van der Waals surface area contributed by atoms with E-state index < -0.39 is 5.97 Å². The van der Waals surface area contributed by atoms with Gasteiger partial charge in [0.25, 0.3) is 0 Å². The Morgan fingerprint density at radius 3 is 2.76 bits per heavy atom. The third kappa shape index (κ3) is 2.85. The van der Waals surface area contributed by atoms with Gasteiger partial charge in [0.2, 0.25) is 0 Å². The van der Waals surface area contributed by atoms with Crippen molar-refractivity contribution in [1.82, 2.24) is 15.0 Å². The Bertz CT molecular complexity index is 836. The van der Waals surface area contributed by atoms with Crippen molar-refractivity contribution in [3.8, 4) is 0 Å². The second-order valence-electron chi connectivity index (χ2n) is 4.41. The number of aromatic nitrogens is 3. The van der Waals surface area contributed by atoms with Crippen LogP contribution in [0, 0.1) is 6.92 Å². The molecule has 0 spiro atoms. The SMILES string of the molecule is Cc1ccnc(Sc2cc(C(=O)O)nc3ccccc23)n1. The number of aromatic carboxylic acids is 1. The maximum atomic E-state index is 11.2. The van der Waals surface area contributed by atoms with E-state index in [4.69, 9.17) is 0 Å². The molecule has 0 bridgehead atoms. The van der Waals surface area contributed by atoms with Crippen LogP contribution in [-0.4, -0.2) is 26.0 Å². The van der Waals surface area contributed by atoms with Gasteiger partial charge in [-0.25, -0.2) is 19.7 Å². The van der Waals surface area contributed by atoms with Crippen LogP contribution in [0.5, 0.6) is 0 Å². The number of nitrogens with zero attached hydrogens (tertiary/aromatic N) is 3. The van der Waals surface area contributed by atoms with Crippen molar-refractivity contribution in [2.24, 2.45) is 0 Å². The van der Waals surface area contributed by atoms with Gasteiger partial charge in [0, 0.05) is 22.2 Å². The first kappa shape index (κ1) is 13.5. The van der Waals surface area contributed by atoms with E-state index >= 15 is 0 Å². The lowest BCUT2D eigenvalue weighted by atomic mass is 10.2. The molecule has 0 atom stereocenters. The van der Waals surface area contributed by atoms with Crippen LogP contribution in [0.15, 0.2) is 52.6 Å². The smallest absolute Gasteiger partial charge is 0.354 e. The molecule has 0 unspecified atom stereocenters. The Hall–Kier alpha value is -2.47. The average molecular weight is 297 g/mol. The Morgan fingerprint density at radius 2 is 2.00 bits per heavy atom. The number of hydrogen-bond donors (Lipinski definition) is 1. The quantitative estimate of drug-likeness (QED) is 0.748. The zero-order valence-electron chi connectivity index (χ0n) is 11.1. The lowest BCUT2D eigenvalue weighted by Gasteiger charge is -2.07. The van der Waals surface area contributed by atoms with Gasteiger partial charge in [0.15, 0.2) is 5.16 Å². The second kappa shape index (κ2) is 5.49. The summed E-state index contributed by atoms with van der Waals surface area (Å²) in [5.41, 5.74) is 1.53. The summed E-state index contributed by atoms with van der Waals surface area (Å²) in [7, 11) is 0. The van der Waals surface area contributed by atoms with Gasteiger partial charge in [-0.05, 0) is 36.9 Å². The molecule has 0 saturated heterocycles. The maximum Gasteiger partial charge on any atom is 0.354 e. The molecule has 0 aliphatic carbocycles. The summed E-state index contributed by atoms with van der Waals surface area (Å²) in [5, 5.41) is 10.6. The van der Waals surface area contributed by atoms with E-state index in [9.17, 15) is 9.90 Å². The monoisotopic (exact) mass is 297 g/mol. The number of aryl methyl sites for hydroxylation is 1. The largest absolute Gasteiger partial charge is 0.477 e. The van der Waals surface area contributed by atoms with Gasteiger partial charge in [-0.1, -0.05) is 18.2 Å². The summed E-state index contributed by atoms with van der Waals surface area (Å²) in [4.78, 5) is 24.7. The third-order valence-corrected chi connectivity index (χ3v) is 3.81. The zero-order chi connectivity index (χ0) is 14.8. The molecular formula is C15H11N3O2S. The van der Waals surface area contributed by atoms with E-state index in [-0.39, 0.29) is 5.69 Å². The molecule has 5 nitrogen and oxygen atoms in total. The summed E-state index contributed by atoms with van der Waals surface area (Å²) in [6, 6.07) is 10.8. The number of para-hydroxylation sites is 1. The topological polar surface area (TPSA) is 76.0 Å². The molecule has 0 saturated carbocycles. The van der Waals surface area contributed by atoms with Crippen LogP contribution >= 0.6 is 11.8 Å². The fourth-order valence-corrected chi connectivity index (χ4v) is 2.86. The van der Waals surface area contributed by atoms with Gasteiger partial charge in [-0.3, -0.25) is 0 Å². The minimum Gasteiger partial charge on any atom is -0.477 e. The Balaban J connectivity index is 2.13. The molecule has 0 amide bonds. The van der Waals surface area contributed by atoms with E-state index in [2.05, 4.69) is 15.0 Å². The molecule has 1 N–H and O–H groups in total. The molecule has 104 valence electrons. The van der Waals surface area contributed by atoms with Crippen molar-refractivity contribution >= 4 is 28.6 Å². The number of carboxylic acid groups (broad SMARTS) is 1. The van der Waals surface area contributed by atoms with Crippen LogP contribution in [0.2, 0.25) is 0 Å². The van der Waals surface area contributed by atoms with Gasteiger partial charge in [-0.15, -0.1) is 0 Å². The molecule has 3 rings (SSSR count). The van der Waals surface area contributed by atoms with E-state index in [1.165, 1.54) is 11.8 Å². The lowest BCUT2D eigenvalue weighted by molar-refractivity contribution is 0.0690. The maximum absolute atomic E-state index is 11.2. The number of fused-ring (bicyclic) bond motifs is 1. The zero-order valence-corrected chi connectivity index (χ0v) is 12.0. The molecule has 0 radical (unpaired) electrons. The van der Waals surface area contributed by atoms with Gasteiger partial charge in [0.05, 0.1) is 5.52 Å². The Labute approximate surface area is 125 Å². The van der Waals surface area contributed by atoms with E-state index in [1.54, 1.807) is 18.3 Å². The molecular weight excluding hydrogens is 286 g/mol. The number of hydrogen-bond acceptors (Lipinski definition) is 5. The first-order valence-electron chi connectivity index (χ1n) is 6.24. The lowest BCUT2D eigenvalue weighted by Crippen LogP contribution is -2.01. The Kier molecular flexibility index (Phi) is 3.53. The molecule has 0 aliphatic rings. The van der Waals surface area contributed by atoms with Crippen LogP contribution in [0.3, 0.4) is 0 Å². The fraction of sp³-hybridized carbons (Fsp3) is 0.0667. The molecule has 6 heteroatoms. The predicted octanol–water partition coefficient (Wildman–Crippen LogP) is 3.18.